The van der Waals surface area contributed by atoms with Gasteiger partial charge < -0.3 is 0 Å². The van der Waals surface area contributed by atoms with Gasteiger partial charge in [-0.25, -0.2) is 8.78 Å². The summed E-state index contributed by atoms with van der Waals surface area (Å²) in [6.45, 7) is 1.86. The first-order valence-electron chi connectivity index (χ1n) is 7.88. The van der Waals surface area contributed by atoms with Crippen LogP contribution in [0.2, 0.25) is 0 Å². The average molecular weight is 408 g/mol. The second kappa shape index (κ2) is 7.61. The van der Waals surface area contributed by atoms with Crippen molar-refractivity contribution in [2.75, 3.05) is 6.54 Å². The molecule has 1 saturated heterocycles. The lowest BCUT2D eigenvalue weighted by Crippen LogP contribution is -2.29. The van der Waals surface area contributed by atoms with Crippen LogP contribution in [0.4, 0.5) is 8.78 Å². The van der Waals surface area contributed by atoms with Gasteiger partial charge in [-0.3, -0.25) is 9.69 Å². The van der Waals surface area contributed by atoms with Crippen molar-refractivity contribution in [3.05, 3.63) is 70.6 Å². The van der Waals surface area contributed by atoms with E-state index >= 15 is 0 Å². The van der Waals surface area contributed by atoms with Gasteiger partial charge in [0, 0.05) is 12.1 Å². The number of likely N-dealkylation sites (N-methyl/N-ethyl adjacent to an activating group) is 1. The molecule has 0 spiro atoms. The van der Waals surface area contributed by atoms with Crippen LogP contribution in [0.3, 0.4) is 0 Å². The number of nitrogens with zero attached hydrogens (tertiary/aromatic N) is 2. The third-order valence-electron chi connectivity index (χ3n) is 3.71. The van der Waals surface area contributed by atoms with Gasteiger partial charge in [0.15, 0.2) is 5.17 Å². The molecule has 27 heavy (non-hydrogen) atoms. The minimum Gasteiger partial charge on any atom is -0.286 e. The molecule has 0 bridgehead atoms. The molecule has 0 N–H and O–H groups in total. The van der Waals surface area contributed by atoms with E-state index in [1.165, 1.54) is 29.2 Å². The van der Waals surface area contributed by atoms with Gasteiger partial charge in [0.1, 0.15) is 11.6 Å². The van der Waals surface area contributed by atoms with Gasteiger partial charge >= 0.3 is 0 Å². The van der Waals surface area contributed by atoms with Crippen molar-refractivity contribution in [1.29, 1.82) is 0 Å². The number of amides is 1. The van der Waals surface area contributed by atoms with Crippen molar-refractivity contribution in [3.8, 4) is 0 Å². The Morgan fingerprint density at radius 3 is 2.41 bits per heavy atom. The highest BCUT2D eigenvalue weighted by molar-refractivity contribution is 8.19. The van der Waals surface area contributed by atoms with Crippen molar-refractivity contribution in [2.45, 2.75) is 11.8 Å². The number of thioether (sulfide) groups is 1. The summed E-state index contributed by atoms with van der Waals surface area (Å²) in [5, 5.41) is -0.0329. The van der Waals surface area contributed by atoms with Gasteiger partial charge in [-0.05, 0) is 55.1 Å². The first-order chi connectivity index (χ1) is 12.8. The fourth-order valence-electron chi connectivity index (χ4n) is 2.35. The predicted molar refractivity (Wildman–Crippen MR) is 100 cm³/mol. The molecule has 1 aliphatic heterocycles. The summed E-state index contributed by atoms with van der Waals surface area (Å²) in [5.41, 5.74) is 0.215. The number of hydrogen-bond donors (Lipinski definition) is 0. The lowest BCUT2D eigenvalue weighted by molar-refractivity contribution is -0.122. The quantitative estimate of drug-likeness (QED) is 0.725. The number of rotatable bonds is 4. The van der Waals surface area contributed by atoms with Gasteiger partial charge in [-0.1, -0.05) is 18.2 Å². The van der Waals surface area contributed by atoms with Gasteiger partial charge in [0.2, 0.25) is 0 Å². The number of halogens is 2. The molecule has 2 aromatic rings. The van der Waals surface area contributed by atoms with E-state index in [1.54, 1.807) is 13.0 Å². The summed E-state index contributed by atoms with van der Waals surface area (Å²) >= 11 is 0.847. The largest absolute Gasteiger partial charge is 0.286 e. The van der Waals surface area contributed by atoms with Crippen molar-refractivity contribution in [1.82, 2.24) is 4.90 Å². The molecule has 9 heteroatoms. The Morgan fingerprint density at radius 1 is 1.11 bits per heavy atom. The number of sulfonamides is 1. The van der Waals surface area contributed by atoms with Crippen molar-refractivity contribution >= 4 is 38.9 Å². The molecule has 1 amide bonds. The topological polar surface area (TPSA) is 66.8 Å². The van der Waals surface area contributed by atoms with Crippen LogP contribution in [-0.4, -0.2) is 30.9 Å². The zero-order valence-corrected chi connectivity index (χ0v) is 15.7. The highest BCUT2D eigenvalue weighted by atomic mass is 32.2. The average Bonchev–Trinajstić information content (AvgIpc) is 2.91. The van der Waals surface area contributed by atoms with Crippen LogP contribution in [0.15, 0.2) is 62.7 Å². The molecule has 1 aliphatic rings. The van der Waals surface area contributed by atoms with E-state index in [1.807, 2.05) is 0 Å². The van der Waals surface area contributed by atoms with Crippen molar-refractivity contribution in [3.63, 3.8) is 0 Å². The maximum absolute atomic E-state index is 13.8. The van der Waals surface area contributed by atoms with E-state index in [4.69, 9.17) is 0 Å². The van der Waals surface area contributed by atoms with Gasteiger partial charge in [0.05, 0.1) is 9.80 Å². The van der Waals surface area contributed by atoms with Crippen LogP contribution in [0.5, 0.6) is 0 Å². The van der Waals surface area contributed by atoms with Crippen LogP contribution in [0.1, 0.15) is 12.5 Å². The van der Waals surface area contributed by atoms with E-state index in [-0.39, 0.29) is 27.1 Å². The Balaban J connectivity index is 1.98. The summed E-state index contributed by atoms with van der Waals surface area (Å²) in [7, 11) is -4.13. The maximum Gasteiger partial charge on any atom is 0.284 e. The van der Waals surface area contributed by atoms with Crippen LogP contribution in [0, 0.1) is 11.6 Å². The van der Waals surface area contributed by atoms with Gasteiger partial charge in [0.25, 0.3) is 15.9 Å². The van der Waals surface area contributed by atoms with E-state index < -0.39 is 27.6 Å². The smallest absolute Gasteiger partial charge is 0.284 e. The number of benzene rings is 2. The number of carbonyl (C=O) groups is 1. The van der Waals surface area contributed by atoms with E-state index in [9.17, 15) is 22.0 Å². The summed E-state index contributed by atoms with van der Waals surface area (Å²) in [5.74, 6) is -1.53. The molecule has 5 nitrogen and oxygen atoms in total. The van der Waals surface area contributed by atoms with Crippen LogP contribution < -0.4 is 0 Å². The standard InChI is InChI=1S/C18H14F2N2O3S2/c1-2-22-17(23)16(11-12-5-3-4-6-15(12)20)26-18(22)21-27(24,25)14-9-7-13(19)8-10-14/h3-11H,2H2,1H3. The van der Waals surface area contributed by atoms with Crippen LogP contribution >= 0.6 is 11.8 Å². The van der Waals surface area contributed by atoms with Crippen LogP contribution in [0.25, 0.3) is 6.08 Å². The summed E-state index contributed by atoms with van der Waals surface area (Å²) in [4.78, 5) is 13.7. The van der Waals surface area contributed by atoms with E-state index in [2.05, 4.69) is 4.40 Å². The third kappa shape index (κ3) is 4.09. The van der Waals surface area contributed by atoms with Crippen molar-refractivity contribution in [2.24, 2.45) is 4.40 Å². The molecule has 1 heterocycles. The number of carbonyl (C=O) groups excluding carboxylic acids is 1. The fraction of sp³-hybridized carbons (Fsp3) is 0.111. The molecule has 0 saturated carbocycles. The van der Waals surface area contributed by atoms with E-state index in [0.717, 1.165) is 36.0 Å². The first kappa shape index (κ1) is 19.2. The van der Waals surface area contributed by atoms with Gasteiger partial charge in [-0.15, -0.1) is 4.40 Å². The highest BCUT2D eigenvalue weighted by Gasteiger charge is 2.34. The second-order valence-corrected chi connectivity index (χ2v) is 8.10. The molecule has 3 rings (SSSR count). The minimum absolute atomic E-state index is 0.0329. The lowest BCUT2D eigenvalue weighted by Gasteiger charge is -2.11. The first-order valence-corrected chi connectivity index (χ1v) is 10.1. The zero-order valence-electron chi connectivity index (χ0n) is 14.1. The monoisotopic (exact) mass is 408 g/mol. The molecule has 0 atom stereocenters. The molecular weight excluding hydrogens is 394 g/mol. The van der Waals surface area contributed by atoms with E-state index in [0.29, 0.717) is 0 Å². The molecule has 0 unspecified atom stereocenters. The Hall–Kier alpha value is -2.52. The van der Waals surface area contributed by atoms with Crippen LogP contribution in [-0.2, 0) is 14.8 Å². The normalized spacial score (nSPS) is 17.9. The molecule has 0 aromatic heterocycles. The Bertz CT molecular complexity index is 1050. The summed E-state index contributed by atoms with van der Waals surface area (Å²) in [6, 6.07) is 10.2. The molecule has 140 valence electrons. The predicted octanol–water partition coefficient (Wildman–Crippen LogP) is 3.65. The summed E-state index contributed by atoms with van der Waals surface area (Å²) in [6.07, 6.45) is 1.36. The zero-order chi connectivity index (χ0) is 19.6. The third-order valence-corrected chi connectivity index (χ3v) is 6.11. The molecule has 0 aliphatic carbocycles. The SMILES string of the molecule is CCN1C(=O)C(=Cc2ccccc2F)SC1=NS(=O)(=O)c1ccc(F)cc1. The van der Waals surface area contributed by atoms with Crippen molar-refractivity contribution < 1.29 is 22.0 Å². The fourth-order valence-corrected chi connectivity index (χ4v) is 4.59. The summed E-state index contributed by atoms with van der Waals surface area (Å²) < 4.78 is 55.5. The number of hydrogen-bond acceptors (Lipinski definition) is 4. The lowest BCUT2D eigenvalue weighted by atomic mass is 10.2. The molecule has 2 aromatic carbocycles. The Labute approximate surface area is 159 Å². The molecule has 1 fully saturated rings. The second-order valence-electron chi connectivity index (χ2n) is 5.48. The highest BCUT2D eigenvalue weighted by Crippen LogP contribution is 2.33. The Morgan fingerprint density at radius 2 is 1.78 bits per heavy atom. The Kier molecular flexibility index (Phi) is 5.43. The maximum atomic E-state index is 13.8. The molecule has 0 radical (unpaired) electrons. The van der Waals surface area contributed by atoms with Gasteiger partial charge in [-0.2, -0.15) is 8.42 Å². The molecular formula is C18H14F2N2O3S2. The minimum atomic E-state index is -4.13. The number of amidine groups is 1.